The number of imidazole rings is 1. The number of piperidine rings is 1. The first-order valence-corrected chi connectivity index (χ1v) is 11.3. The highest BCUT2D eigenvalue weighted by atomic mass is 32.1. The van der Waals surface area contributed by atoms with E-state index in [9.17, 15) is 9.59 Å². The summed E-state index contributed by atoms with van der Waals surface area (Å²) in [7, 11) is 0. The molecule has 2 aromatic carbocycles. The van der Waals surface area contributed by atoms with Crippen LogP contribution in [0.2, 0.25) is 0 Å². The molecule has 7 nitrogen and oxygen atoms in total. The number of H-pyrrole nitrogens is 1. The van der Waals surface area contributed by atoms with E-state index in [2.05, 4.69) is 19.7 Å². The van der Waals surface area contributed by atoms with Crippen LogP contribution in [0.3, 0.4) is 0 Å². The van der Waals surface area contributed by atoms with Crippen LogP contribution in [0, 0.1) is 5.41 Å². The first-order chi connectivity index (χ1) is 15.1. The minimum absolute atomic E-state index is 0.0338. The summed E-state index contributed by atoms with van der Waals surface area (Å²) in [6, 6.07) is 13.5. The molecule has 6 rings (SSSR count). The topological polar surface area (TPSA) is 91.0 Å². The molecule has 1 aliphatic carbocycles. The molecule has 1 spiro atoms. The van der Waals surface area contributed by atoms with Crippen molar-refractivity contribution >= 4 is 45.3 Å². The average Bonchev–Trinajstić information content (AvgIpc) is 3.17. The predicted molar refractivity (Wildman–Crippen MR) is 119 cm³/mol. The molecule has 2 amide bonds. The Balaban J connectivity index is 1.10. The van der Waals surface area contributed by atoms with Gasteiger partial charge in [0.25, 0.3) is 11.8 Å². The zero-order valence-electron chi connectivity index (χ0n) is 16.8. The van der Waals surface area contributed by atoms with Gasteiger partial charge in [0.2, 0.25) is 0 Å². The van der Waals surface area contributed by atoms with Crippen LogP contribution in [0.15, 0.2) is 47.8 Å². The molecule has 2 N–H and O–H groups in total. The molecule has 2 aromatic heterocycles. The number of hydrogen-bond acceptors (Lipinski definition) is 5. The van der Waals surface area contributed by atoms with Crippen molar-refractivity contribution in [3.05, 3.63) is 59.2 Å². The van der Waals surface area contributed by atoms with Crippen LogP contribution in [-0.4, -0.2) is 50.2 Å². The van der Waals surface area contributed by atoms with Crippen molar-refractivity contribution in [1.29, 1.82) is 0 Å². The van der Waals surface area contributed by atoms with E-state index in [0.717, 1.165) is 41.2 Å². The lowest BCUT2D eigenvalue weighted by atomic mass is 9.92. The Labute approximate surface area is 182 Å². The highest BCUT2D eigenvalue weighted by Crippen LogP contribution is 2.54. The molecular weight excluding hydrogens is 410 g/mol. The summed E-state index contributed by atoms with van der Waals surface area (Å²) < 4.78 is 4.32. The molecular formula is C23H21N5O2S. The summed E-state index contributed by atoms with van der Waals surface area (Å²) in [5, 5.41) is 6.06. The molecule has 0 bridgehead atoms. The molecule has 0 radical (unpaired) electrons. The van der Waals surface area contributed by atoms with E-state index in [0.29, 0.717) is 24.5 Å². The van der Waals surface area contributed by atoms with Crippen molar-refractivity contribution in [2.24, 2.45) is 5.41 Å². The maximum atomic E-state index is 12.9. The number of likely N-dealkylation sites (tertiary alicyclic amines) is 1. The zero-order valence-corrected chi connectivity index (χ0v) is 17.6. The van der Waals surface area contributed by atoms with E-state index < -0.39 is 0 Å². The normalized spacial score (nSPS) is 19.7. The van der Waals surface area contributed by atoms with E-state index in [1.54, 1.807) is 0 Å². The summed E-state index contributed by atoms with van der Waals surface area (Å²) in [6.07, 6.45) is 2.77. The van der Waals surface area contributed by atoms with Crippen molar-refractivity contribution in [3.8, 4) is 0 Å². The third-order valence-corrected chi connectivity index (χ3v) is 7.43. The van der Waals surface area contributed by atoms with Crippen molar-refractivity contribution in [1.82, 2.24) is 24.6 Å². The lowest BCUT2D eigenvalue weighted by Gasteiger charge is -2.32. The Morgan fingerprint density at radius 2 is 1.90 bits per heavy atom. The van der Waals surface area contributed by atoms with Crippen LogP contribution in [0.1, 0.15) is 40.2 Å². The monoisotopic (exact) mass is 431 g/mol. The predicted octanol–water partition coefficient (Wildman–Crippen LogP) is 3.60. The molecule has 1 saturated heterocycles. The van der Waals surface area contributed by atoms with Crippen LogP contribution in [0.5, 0.6) is 0 Å². The van der Waals surface area contributed by atoms with Gasteiger partial charge >= 0.3 is 0 Å². The number of rotatable bonds is 3. The molecule has 8 heteroatoms. The second-order valence-corrected chi connectivity index (χ2v) is 9.17. The quantitative estimate of drug-likeness (QED) is 0.519. The smallest absolute Gasteiger partial charge is 0.289 e. The molecule has 1 unspecified atom stereocenters. The molecule has 4 aromatic rings. The number of benzene rings is 2. The van der Waals surface area contributed by atoms with Gasteiger partial charge in [-0.25, -0.2) is 4.98 Å². The molecule has 2 fully saturated rings. The number of para-hydroxylation sites is 2. The van der Waals surface area contributed by atoms with Crippen LogP contribution in [0.4, 0.5) is 0 Å². The van der Waals surface area contributed by atoms with Gasteiger partial charge in [0.1, 0.15) is 0 Å². The molecule has 2 aliphatic rings. The molecule has 1 aliphatic heterocycles. The number of fused-ring (bicyclic) bond motifs is 2. The standard InChI is InChI=1S/C23H21N5O2S/c29-21(14-4-3-7-16-15(14)13-31-27-16)26-19-12-23(19)8-10-28(11-9-23)22(30)20-24-17-5-1-2-6-18(17)25-20/h1-7,13,19H,8-12H2,(H,24,25)(H,26,29). The third kappa shape index (κ3) is 3.09. The number of aromatic amines is 1. The Kier molecular flexibility index (Phi) is 4.11. The molecule has 156 valence electrons. The fourth-order valence-corrected chi connectivity index (χ4v) is 5.47. The molecule has 3 heterocycles. The fraction of sp³-hybridized carbons (Fsp3) is 0.304. The summed E-state index contributed by atoms with van der Waals surface area (Å²) in [5.74, 6) is 0.313. The van der Waals surface area contributed by atoms with Gasteiger partial charge in [-0.15, -0.1) is 0 Å². The van der Waals surface area contributed by atoms with Gasteiger partial charge in [0.05, 0.1) is 16.6 Å². The van der Waals surface area contributed by atoms with Crippen LogP contribution < -0.4 is 5.32 Å². The largest absolute Gasteiger partial charge is 0.349 e. The van der Waals surface area contributed by atoms with E-state index in [-0.39, 0.29) is 23.3 Å². The minimum Gasteiger partial charge on any atom is -0.349 e. The van der Waals surface area contributed by atoms with Gasteiger partial charge in [-0.05, 0) is 60.5 Å². The summed E-state index contributed by atoms with van der Waals surface area (Å²) in [6.45, 7) is 1.37. The highest BCUT2D eigenvalue weighted by molar-refractivity contribution is 7.04. The van der Waals surface area contributed by atoms with Gasteiger partial charge in [0.15, 0.2) is 5.82 Å². The van der Waals surface area contributed by atoms with Crippen LogP contribution in [0.25, 0.3) is 21.9 Å². The van der Waals surface area contributed by atoms with Crippen LogP contribution >= 0.6 is 11.5 Å². The summed E-state index contributed by atoms with van der Waals surface area (Å²) in [5.41, 5.74) is 3.34. The third-order valence-electron chi connectivity index (χ3n) is 6.78. The minimum atomic E-state index is -0.0519. The number of hydrogen-bond donors (Lipinski definition) is 2. The van der Waals surface area contributed by atoms with Crippen molar-refractivity contribution in [2.75, 3.05) is 13.1 Å². The van der Waals surface area contributed by atoms with Crippen molar-refractivity contribution in [2.45, 2.75) is 25.3 Å². The van der Waals surface area contributed by atoms with E-state index in [1.165, 1.54) is 11.5 Å². The lowest BCUT2D eigenvalue weighted by molar-refractivity contribution is 0.0657. The second-order valence-electron chi connectivity index (χ2n) is 8.54. The first-order valence-electron chi connectivity index (χ1n) is 10.5. The first kappa shape index (κ1) is 18.5. The van der Waals surface area contributed by atoms with E-state index >= 15 is 0 Å². The molecule has 1 saturated carbocycles. The summed E-state index contributed by atoms with van der Waals surface area (Å²) in [4.78, 5) is 35.2. The Morgan fingerprint density at radius 3 is 2.74 bits per heavy atom. The Bertz CT molecular complexity index is 1280. The van der Waals surface area contributed by atoms with Gasteiger partial charge < -0.3 is 15.2 Å². The second kappa shape index (κ2) is 6.88. The van der Waals surface area contributed by atoms with E-state index in [4.69, 9.17) is 0 Å². The number of aromatic nitrogens is 3. The fourth-order valence-electron chi connectivity index (χ4n) is 4.79. The number of carbonyl (C=O) groups is 2. The highest BCUT2D eigenvalue weighted by Gasteiger charge is 2.56. The number of nitrogens with one attached hydrogen (secondary N) is 2. The van der Waals surface area contributed by atoms with E-state index in [1.807, 2.05) is 52.7 Å². The SMILES string of the molecule is O=C(NC1CC12CCN(C(=O)c1nc3ccccc3[nH]1)CC2)c1cccc2nscc12. The average molecular weight is 432 g/mol. The van der Waals surface area contributed by atoms with Crippen molar-refractivity contribution in [3.63, 3.8) is 0 Å². The Morgan fingerprint density at radius 1 is 1.10 bits per heavy atom. The zero-order chi connectivity index (χ0) is 21.0. The van der Waals surface area contributed by atoms with Gasteiger partial charge in [0, 0.05) is 35.5 Å². The summed E-state index contributed by atoms with van der Waals surface area (Å²) >= 11 is 1.37. The van der Waals surface area contributed by atoms with Gasteiger partial charge in [-0.3, -0.25) is 9.59 Å². The lowest BCUT2D eigenvalue weighted by Crippen LogP contribution is -2.42. The molecule has 31 heavy (non-hydrogen) atoms. The number of nitrogens with zero attached hydrogens (tertiary/aromatic N) is 3. The maximum absolute atomic E-state index is 12.9. The van der Waals surface area contributed by atoms with Crippen molar-refractivity contribution < 1.29 is 9.59 Å². The van der Waals surface area contributed by atoms with Crippen LogP contribution in [-0.2, 0) is 0 Å². The Hall–Kier alpha value is -3.26. The number of amides is 2. The maximum Gasteiger partial charge on any atom is 0.289 e. The number of carbonyl (C=O) groups excluding carboxylic acids is 2. The molecule has 1 atom stereocenters. The van der Waals surface area contributed by atoms with Gasteiger partial charge in [-0.1, -0.05) is 18.2 Å². The van der Waals surface area contributed by atoms with Gasteiger partial charge in [-0.2, -0.15) is 4.37 Å².